The predicted octanol–water partition coefficient (Wildman–Crippen LogP) is 3.60. The number of hydrogen-bond donors (Lipinski definition) is 3. The summed E-state index contributed by atoms with van der Waals surface area (Å²) >= 11 is 0. The third-order valence-corrected chi connectivity index (χ3v) is 5.15. The van der Waals surface area contributed by atoms with Crippen molar-refractivity contribution in [3.05, 3.63) is 60.0 Å². The average molecular weight is 406 g/mol. The number of esters is 1. The van der Waals surface area contributed by atoms with Gasteiger partial charge in [0.1, 0.15) is 11.3 Å². The highest BCUT2D eigenvalue weighted by Gasteiger charge is 2.33. The van der Waals surface area contributed by atoms with Crippen molar-refractivity contribution in [1.29, 1.82) is 0 Å². The minimum absolute atomic E-state index is 0.0726. The summed E-state index contributed by atoms with van der Waals surface area (Å²) in [6.45, 7) is 6.29. The molecular formula is C23H26N4O3. The Hall–Kier alpha value is -3.19. The highest BCUT2D eigenvalue weighted by molar-refractivity contribution is 5.99. The Balaban J connectivity index is 1.49. The first kappa shape index (κ1) is 20.1. The van der Waals surface area contributed by atoms with Crippen LogP contribution < -0.4 is 10.6 Å². The molecule has 3 aromatic rings. The van der Waals surface area contributed by atoms with Crippen LogP contribution in [0.3, 0.4) is 0 Å². The van der Waals surface area contributed by atoms with Gasteiger partial charge >= 0.3 is 5.97 Å². The number of hydrogen-bond acceptors (Lipinski definition) is 5. The van der Waals surface area contributed by atoms with Crippen molar-refractivity contribution in [2.75, 3.05) is 11.9 Å². The first-order valence-electron chi connectivity index (χ1n) is 10.1. The number of pyridine rings is 1. The Morgan fingerprint density at radius 1 is 1.13 bits per heavy atom. The number of rotatable bonds is 4. The first-order valence-corrected chi connectivity index (χ1v) is 10.1. The molecule has 0 unspecified atom stereocenters. The van der Waals surface area contributed by atoms with E-state index in [9.17, 15) is 9.59 Å². The molecule has 1 aromatic carbocycles. The number of fused-ring (bicyclic) bond motifs is 1. The normalized spacial score (nSPS) is 19.0. The van der Waals surface area contributed by atoms with E-state index in [4.69, 9.17) is 4.74 Å². The van der Waals surface area contributed by atoms with Gasteiger partial charge in [0, 0.05) is 34.9 Å². The molecule has 1 amide bonds. The van der Waals surface area contributed by atoms with Gasteiger partial charge in [-0.15, -0.1) is 0 Å². The van der Waals surface area contributed by atoms with Gasteiger partial charge < -0.3 is 20.4 Å². The summed E-state index contributed by atoms with van der Waals surface area (Å²) < 4.78 is 5.42. The molecule has 1 saturated heterocycles. The number of nitrogens with one attached hydrogen (secondary N) is 3. The van der Waals surface area contributed by atoms with Crippen molar-refractivity contribution in [3.63, 3.8) is 0 Å². The van der Waals surface area contributed by atoms with Crippen LogP contribution in [0.15, 0.2) is 48.8 Å². The summed E-state index contributed by atoms with van der Waals surface area (Å²) in [4.78, 5) is 32.4. The average Bonchev–Trinajstić information content (AvgIpc) is 3.34. The van der Waals surface area contributed by atoms with Gasteiger partial charge in [0.25, 0.3) is 0 Å². The molecule has 30 heavy (non-hydrogen) atoms. The fourth-order valence-corrected chi connectivity index (χ4v) is 3.82. The smallest absolute Gasteiger partial charge is 0.355 e. The van der Waals surface area contributed by atoms with Crippen molar-refractivity contribution in [2.45, 2.75) is 44.8 Å². The number of ether oxygens (including phenoxy) is 1. The fraction of sp³-hybridized carbons (Fsp3) is 0.348. The largest absolute Gasteiger partial charge is 0.455 e. The summed E-state index contributed by atoms with van der Waals surface area (Å²) in [5, 5.41) is 7.14. The molecule has 0 saturated carbocycles. The van der Waals surface area contributed by atoms with Crippen molar-refractivity contribution in [3.8, 4) is 0 Å². The standard InChI is InChI=1S/C23H26N4O3/c1-23(2,3)30-22(29)19-13-15-12-16(4-5-18(15)27-19)26-21(28)20-17(8-11-25-20)14-6-9-24-10-7-14/h4-7,9-10,12-13,17,20,25,27H,8,11H2,1-3H3,(H,26,28)/t17-,20-/m1/s1. The molecule has 1 aliphatic heterocycles. The van der Waals surface area contributed by atoms with E-state index in [-0.39, 0.29) is 17.9 Å². The van der Waals surface area contributed by atoms with Gasteiger partial charge in [-0.1, -0.05) is 0 Å². The second kappa shape index (κ2) is 7.91. The molecule has 3 heterocycles. The van der Waals surface area contributed by atoms with Gasteiger partial charge in [0.2, 0.25) is 5.91 Å². The van der Waals surface area contributed by atoms with E-state index in [0.29, 0.717) is 11.4 Å². The van der Waals surface area contributed by atoms with Crippen LogP contribution in [0.4, 0.5) is 5.69 Å². The summed E-state index contributed by atoms with van der Waals surface area (Å²) in [5.41, 5.74) is 2.43. The molecule has 1 fully saturated rings. The maximum atomic E-state index is 12.9. The molecule has 4 rings (SSSR count). The minimum Gasteiger partial charge on any atom is -0.455 e. The molecule has 0 radical (unpaired) electrons. The van der Waals surface area contributed by atoms with E-state index >= 15 is 0 Å². The zero-order valence-electron chi connectivity index (χ0n) is 17.4. The molecule has 156 valence electrons. The zero-order valence-corrected chi connectivity index (χ0v) is 17.4. The van der Waals surface area contributed by atoms with Crippen molar-refractivity contribution in [1.82, 2.24) is 15.3 Å². The Morgan fingerprint density at radius 3 is 2.63 bits per heavy atom. The molecule has 2 aromatic heterocycles. The quantitative estimate of drug-likeness (QED) is 0.575. The van der Waals surface area contributed by atoms with Crippen LogP contribution >= 0.6 is 0 Å². The molecule has 7 heteroatoms. The van der Waals surface area contributed by atoms with Gasteiger partial charge in [0.15, 0.2) is 0 Å². The topological polar surface area (TPSA) is 96.1 Å². The highest BCUT2D eigenvalue weighted by Crippen LogP contribution is 2.29. The van der Waals surface area contributed by atoms with Crippen molar-refractivity contribution < 1.29 is 14.3 Å². The highest BCUT2D eigenvalue weighted by atomic mass is 16.6. The van der Waals surface area contributed by atoms with Gasteiger partial charge in [-0.25, -0.2) is 4.79 Å². The van der Waals surface area contributed by atoms with Crippen LogP contribution in [0.25, 0.3) is 10.9 Å². The second-order valence-corrected chi connectivity index (χ2v) is 8.58. The number of carbonyl (C=O) groups excluding carboxylic acids is 2. The summed E-state index contributed by atoms with van der Waals surface area (Å²) in [6.07, 6.45) is 4.41. The molecule has 2 atom stereocenters. The van der Waals surface area contributed by atoms with E-state index in [1.54, 1.807) is 18.5 Å². The lowest BCUT2D eigenvalue weighted by molar-refractivity contribution is -0.118. The SMILES string of the molecule is CC(C)(C)OC(=O)c1cc2cc(NC(=O)[C@@H]3NCC[C@@H]3c3ccncc3)ccc2[nH]1. The molecule has 0 aliphatic carbocycles. The van der Waals surface area contributed by atoms with E-state index in [0.717, 1.165) is 29.4 Å². The number of H-pyrrole nitrogens is 1. The molecular weight excluding hydrogens is 380 g/mol. The first-order chi connectivity index (χ1) is 14.3. The van der Waals surface area contributed by atoms with E-state index in [1.807, 2.05) is 51.1 Å². The van der Waals surface area contributed by atoms with E-state index in [2.05, 4.69) is 20.6 Å². The number of amides is 1. The number of nitrogens with zero attached hydrogens (tertiary/aromatic N) is 1. The molecule has 0 spiro atoms. The van der Waals surface area contributed by atoms with Crippen LogP contribution in [0.1, 0.15) is 49.2 Å². The lowest BCUT2D eigenvalue weighted by Gasteiger charge is -2.19. The van der Waals surface area contributed by atoms with E-state index < -0.39 is 11.6 Å². The molecule has 1 aliphatic rings. The Kier molecular flexibility index (Phi) is 5.30. The Labute approximate surface area is 175 Å². The summed E-state index contributed by atoms with van der Waals surface area (Å²) in [6, 6.07) is 10.9. The third kappa shape index (κ3) is 4.36. The van der Waals surface area contributed by atoms with Gasteiger partial charge in [-0.05, 0) is 75.7 Å². The summed E-state index contributed by atoms with van der Waals surface area (Å²) in [5.74, 6) is -0.362. The van der Waals surface area contributed by atoms with E-state index in [1.165, 1.54) is 0 Å². The molecule has 3 N–H and O–H groups in total. The fourth-order valence-electron chi connectivity index (χ4n) is 3.82. The number of anilines is 1. The lowest BCUT2D eigenvalue weighted by Crippen LogP contribution is -2.39. The van der Waals surface area contributed by atoms with Crippen LogP contribution in [0.2, 0.25) is 0 Å². The minimum atomic E-state index is -0.562. The Morgan fingerprint density at radius 2 is 1.90 bits per heavy atom. The maximum absolute atomic E-state index is 12.9. The van der Waals surface area contributed by atoms with Crippen LogP contribution in [-0.2, 0) is 9.53 Å². The number of carbonyl (C=O) groups is 2. The Bertz CT molecular complexity index is 1070. The number of benzene rings is 1. The second-order valence-electron chi connectivity index (χ2n) is 8.58. The maximum Gasteiger partial charge on any atom is 0.355 e. The zero-order chi connectivity index (χ0) is 21.3. The van der Waals surface area contributed by atoms with Crippen molar-refractivity contribution >= 4 is 28.5 Å². The monoisotopic (exact) mass is 406 g/mol. The molecule has 0 bridgehead atoms. The predicted molar refractivity (Wildman–Crippen MR) is 115 cm³/mol. The van der Waals surface area contributed by atoms with Crippen LogP contribution in [-0.4, -0.2) is 40.0 Å². The van der Waals surface area contributed by atoms with Gasteiger partial charge in [-0.2, -0.15) is 0 Å². The third-order valence-electron chi connectivity index (χ3n) is 5.15. The summed E-state index contributed by atoms with van der Waals surface area (Å²) in [7, 11) is 0. The van der Waals surface area contributed by atoms with Crippen LogP contribution in [0, 0.1) is 0 Å². The number of aromatic nitrogens is 2. The van der Waals surface area contributed by atoms with Crippen LogP contribution in [0.5, 0.6) is 0 Å². The van der Waals surface area contributed by atoms with Crippen molar-refractivity contribution in [2.24, 2.45) is 0 Å². The van der Waals surface area contributed by atoms with Gasteiger partial charge in [-0.3, -0.25) is 9.78 Å². The number of aromatic amines is 1. The molecule has 7 nitrogen and oxygen atoms in total. The lowest BCUT2D eigenvalue weighted by atomic mass is 9.92. The van der Waals surface area contributed by atoms with Gasteiger partial charge in [0.05, 0.1) is 6.04 Å².